The fraction of sp³-hybridized carbons (Fsp3) is 0.350. The number of benzene rings is 2. The molecule has 0 aromatic heterocycles. The fourth-order valence-corrected chi connectivity index (χ4v) is 2.54. The van der Waals surface area contributed by atoms with Gasteiger partial charge in [0.15, 0.2) is 6.10 Å². The largest absolute Gasteiger partial charge is 0.494 e. The lowest BCUT2D eigenvalue weighted by Crippen LogP contribution is -2.35. The molecule has 4 nitrogen and oxygen atoms in total. The van der Waals surface area contributed by atoms with Gasteiger partial charge in [0.1, 0.15) is 11.5 Å². The molecule has 0 aliphatic rings. The minimum absolute atomic E-state index is 0.167. The van der Waals surface area contributed by atoms with E-state index in [1.165, 1.54) is 0 Å². The number of ether oxygens (including phenoxy) is 2. The molecular formula is C20H24ClNO3. The molecule has 0 radical (unpaired) electrons. The Kier molecular flexibility index (Phi) is 6.71. The molecule has 0 heterocycles. The van der Waals surface area contributed by atoms with E-state index in [2.05, 4.69) is 5.32 Å². The second-order valence-electron chi connectivity index (χ2n) is 5.93. The van der Waals surface area contributed by atoms with E-state index in [9.17, 15) is 4.79 Å². The highest BCUT2D eigenvalue weighted by Crippen LogP contribution is 2.26. The van der Waals surface area contributed by atoms with Crippen LogP contribution in [0, 0.1) is 13.8 Å². The van der Waals surface area contributed by atoms with Crippen LogP contribution in [0.2, 0.25) is 5.02 Å². The summed E-state index contributed by atoms with van der Waals surface area (Å²) in [5.74, 6) is 1.30. The molecule has 0 saturated heterocycles. The van der Waals surface area contributed by atoms with Crippen LogP contribution in [0.15, 0.2) is 36.4 Å². The molecule has 1 atom stereocenters. The van der Waals surface area contributed by atoms with Crippen molar-refractivity contribution in [3.63, 3.8) is 0 Å². The standard InChI is InChI=1S/C20H24ClNO3/c1-5-24-17-8-6-16(7-9-17)12-22-20(23)15(4)25-18-10-13(2)19(21)14(3)11-18/h6-11,15H,5,12H2,1-4H3,(H,22,23). The summed E-state index contributed by atoms with van der Waals surface area (Å²) in [7, 11) is 0. The minimum atomic E-state index is -0.595. The molecule has 2 rings (SSSR count). The second kappa shape index (κ2) is 8.77. The molecule has 0 fully saturated rings. The van der Waals surface area contributed by atoms with Gasteiger partial charge in [-0.2, -0.15) is 0 Å². The molecule has 25 heavy (non-hydrogen) atoms. The van der Waals surface area contributed by atoms with E-state index >= 15 is 0 Å². The highest BCUT2D eigenvalue weighted by molar-refractivity contribution is 6.32. The Morgan fingerprint density at radius 3 is 2.28 bits per heavy atom. The van der Waals surface area contributed by atoms with Crippen LogP contribution in [0.4, 0.5) is 0 Å². The van der Waals surface area contributed by atoms with Gasteiger partial charge in [-0.3, -0.25) is 4.79 Å². The van der Waals surface area contributed by atoms with Gasteiger partial charge >= 0.3 is 0 Å². The summed E-state index contributed by atoms with van der Waals surface area (Å²) in [5, 5.41) is 3.60. The van der Waals surface area contributed by atoms with Gasteiger partial charge in [-0.25, -0.2) is 0 Å². The van der Waals surface area contributed by atoms with E-state index < -0.39 is 6.10 Å². The molecule has 1 amide bonds. The van der Waals surface area contributed by atoms with Gasteiger partial charge in [-0.15, -0.1) is 0 Å². The summed E-state index contributed by atoms with van der Waals surface area (Å²) in [6, 6.07) is 11.3. The van der Waals surface area contributed by atoms with Gasteiger partial charge in [-0.05, 0) is 68.7 Å². The van der Waals surface area contributed by atoms with Crippen molar-refractivity contribution < 1.29 is 14.3 Å². The molecule has 1 unspecified atom stereocenters. The van der Waals surface area contributed by atoms with Crippen molar-refractivity contribution in [1.29, 1.82) is 0 Å². The predicted molar refractivity (Wildman–Crippen MR) is 100 cm³/mol. The van der Waals surface area contributed by atoms with E-state index in [0.717, 1.165) is 27.5 Å². The Labute approximate surface area is 154 Å². The quantitative estimate of drug-likeness (QED) is 0.793. The van der Waals surface area contributed by atoms with Crippen molar-refractivity contribution in [3.05, 3.63) is 58.1 Å². The first-order valence-electron chi connectivity index (χ1n) is 8.33. The third-order valence-electron chi connectivity index (χ3n) is 3.79. The van der Waals surface area contributed by atoms with Crippen LogP contribution in [0.3, 0.4) is 0 Å². The van der Waals surface area contributed by atoms with Gasteiger partial charge in [0, 0.05) is 11.6 Å². The maximum absolute atomic E-state index is 12.2. The highest BCUT2D eigenvalue weighted by Gasteiger charge is 2.15. The SMILES string of the molecule is CCOc1ccc(CNC(=O)C(C)Oc2cc(C)c(Cl)c(C)c2)cc1. The number of hydrogen-bond donors (Lipinski definition) is 1. The number of nitrogens with one attached hydrogen (secondary N) is 1. The van der Waals surface area contributed by atoms with Crippen LogP contribution in [-0.2, 0) is 11.3 Å². The monoisotopic (exact) mass is 361 g/mol. The maximum atomic E-state index is 12.2. The third-order valence-corrected chi connectivity index (χ3v) is 4.39. The summed E-state index contributed by atoms with van der Waals surface area (Å²) in [6.45, 7) is 8.58. The normalized spacial score (nSPS) is 11.7. The Balaban J connectivity index is 1.89. The Morgan fingerprint density at radius 1 is 1.12 bits per heavy atom. The number of halogens is 1. The predicted octanol–water partition coefficient (Wildman–Crippen LogP) is 4.44. The first kappa shape index (κ1) is 19.1. The molecular weight excluding hydrogens is 338 g/mol. The Hall–Kier alpha value is -2.20. The van der Waals surface area contributed by atoms with Crippen molar-refractivity contribution in [2.75, 3.05) is 6.61 Å². The maximum Gasteiger partial charge on any atom is 0.261 e. The Morgan fingerprint density at radius 2 is 1.72 bits per heavy atom. The van der Waals surface area contributed by atoms with Gasteiger partial charge in [0.05, 0.1) is 6.61 Å². The molecule has 5 heteroatoms. The van der Waals surface area contributed by atoms with Crippen molar-refractivity contribution in [2.45, 2.75) is 40.3 Å². The van der Waals surface area contributed by atoms with Crippen LogP contribution in [0.1, 0.15) is 30.5 Å². The third kappa shape index (κ3) is 5.40. The molecule has 0 bridgehead atoms. The van der Waals surface area contributed by atoms with Crippen molar-refractivity contribution in [3.8, 4) is 11.5 Å². The number of carbonyl (C=O) groups is 1. The van der Waals surface area contributed by atoms with Gasteiger partial charge < -0.3 is 14.8 Å². The summed E-state index contributed by atoms with van der Waals surface area (Å²) < 4.78 is 11.1. The van der Waals surface area contributed by atoms with Crippen molar-refractivity contribution >= 4 is 17.5 Å². The average Bonchev–Trinajstić information content (AvgIpc) is 2.59. The lowest BCUT2D eigenvalue weighted by molar-refractivity contribution is -0.127. The smallest absolute Gasteiger partial charge is 0.261 e. The molecule has 2 aromatic rings. The van der Waals surface area contributed by atoms with Crippen molar-refractivity contribution in [1.82, 2.24) is 5.32 Å². The van der Waals surface area contributed by atoms with Crippen LogP contribution < -0.4 is 14.8 Å². The van der Waals surface area contributed by atoms with Gasteiger partial charge in [0.2, 0.25) is 0 Å². The second-order valence-corrected chi connectivity index (χ2v) is 6.30. The molecule has 2 aromatic carbocycles. The van der Waals surface area contributed by atoms with E-state index in [1.54, 1.807) is 6.92 Å². The summed E-state index contributed by atoms with van der Waals surface area (Å²) in [5.41, 5.74) is 2.86. The lowest BCUT2D eigenvalue weighted by Gasteiger charge is -2.16. The summed E-state index contributed by atoms with van der Waals surface area (Å²) in [6.07, 6.45) is -0.595. The minimum Gasteiger partial charge on any atom is -0.494 e. The first-order valence-corrected chi connectivity index (χ1v) is 8.71. The molecule has 1 N–H and O–H groups in total. The van der Waals surface area contributed by atoms with Gasteiger partial charge in [-0.1, -0.05) is 23.7 Å². The number of aryl methyl sites for hydroxylation is 2. The van der Waals surface area contributed by atoms with E-state index in [4.69, 9.17) is 21.1 Å². The zero-order chi connectivity index (χ0) is 18.4. The van der Waals surface area contributed by atoms with Crippen LogP contribution in [-0.4, -0.2) is 18.6 Å². The Bertz CT molecular complexity index is 705. The zero-order valence-corrected chi connectivity index (χ0v) is 15.8. The number of carbonyl (C=O) groups excluding carboxylic acids is 1. The van der Waals surface area contributed by atoms with Crippen LogP contribution >= 0.6 is 11.6 Å². The topological polar surface area (TPSA) is 47.6 Å². The zero-order valence-electron chi connectivity index (χ0n) is 15.1. The number of rotatable bonds is 7. The molecule has 134 valence electrons. The average molecular weight is 362 g/mol. The lowest BCUT2D eigenvalue weighted by atomic mass is 10.1. The van der Waals surface area contributed by atoms with Crippen LogP contribution in [0.25, 0.3) is 0 Å². The van der Waals surface area contributed by atoms with Gasteiger partial charge in [0.25, 0.3) is 5.91 Å². The molecule has 0 aliphatic carbocycles. The number of hydrogen-bond acceptors (Lipinski definition) is 3. The fourth-order valence-electron chi connectivity index (χ4n) is 2.43. The van der Waals surface area contributed by atoms with Crippen LogP contribution in [0.5, 0.6) is 11.5 Å². The molecule has 0 aliphatic heterocycles. The number of amides is 1. The first-order chi connectivity index (χ1) is 11.9. The van der Waals surface area contributed by atoms with E-state index in [0.29, 0.717) is 18.9 Å². The highest BCUT2D eigenvalue weighted by atomic mass is 35.5. The molecule has 0 spiro atoms. The van der Waals surface area contributed by atoms with E-state index in [1.807, 2.05) is 57.2 Å². The summed E-state index contributed by atoms with van der Waals surface area (Å²) in [4.78, 5) is 12.2. The van der Waals surface area contributed by atoms with Crippen molar-refractivity contribution in [2.24, 2.45) is 0 Å². The summed E-state index contributed by atoms with van der Waals surface area (Å²) >= 11 is 6.15. The van der Waals surface area contributed by atoms with E-state index in [-0.39, 0.29) is 5.91 Å². The molecule has 0 saturated carbocycles.